The van der Waals surface area contributed by atoms with Crippen LogP contribution in [-0.4, -0.2) is 60.3 Å². The van der Waals surface area contributed by atoms with E-state index in [1.807, 2.05) is 39.2 Å². The zero-order chi connectivity index (χ0) is 27.6. The summed E-state index contributed by atoms with van der Waals surface area (Å²) in [4.78, 5) is 2.06. The summed E-state index contributed by atoms with van der Waals surface area (Å²) in [5.74, 6) is -1.66. The molecule has 0 unspecified atom stereocenters. The summed E-state index contributed by atoms with van der Waals surface area (Å²) in [7, 11) is 4.04. The van der Waals surface area contributed by atoms with Crippen molar-refractivity contribution in [2.45, 2.75) is 32.2 Å². The zero-order valence-corrected chi connectivity index (χ0v) is 23.7. The Hall–Kier alpha value is -2.72. The predicted octanol–water partition coefficient (Wildman–Crippen LogP) is 4.91. The lowest BCUT2D eigenvalue weighted by Crippen LogP contribution is -2.59. The van der Waals surface area contributed by atoms with Crippen molar-refractivity contribution >= 4 is 16.5 Å². The number of benzene rings is 3. The van der Waals surface area contributed by atoms with Crippen LogP contribution in [0.25, 0.3) is 10.8 Å². The van der Waals surface area contributed by atoms with E-state index >= 15 is 0 Å². The third-order valence-corrected chi connectivity index (χ3v) is 8.51. The molecule has 3 aromatic rings. The Labute approximate surface area is 235 Å². The minimum absolute atomic E-state index is 0.121. The van der Waals surface area contributed by atoms with Gasteiger partial charge in [0.25, 0.3) is 0 Å². The summed E-state index contributed by atoms with van der Waals surface area (Å²) in [6, 6.07) is 18.7. The van der Waals surface area contributed by atoms with Crippen molar-refractivity contribution in [1.29, 1.82) is 0 Å². The first kappa shape index (κ1) is 26.2. The summed E-state index contributed by atoms with van der Waals surface area (Å²) in [6.45, 7) is 8.06. The first-order valence-electron chi connectivity index (χ1n) is 14.1. The van der Waals surface area contributed by atoms with Crippen LogP contribution in [0, 0.1) is 10.8 Å². The molecule has 0 N–H and O–H groups in total. The van der Waals surface area contributed by atoms with Crippen molar-refractivity contribution < 1.29 is 33.2 Å². The number of hydrogen-bond acceptors (Lipinski definition) is 8. The lowest BCUT2D eigenvalue weighted by atomic mass is 9.81. The molecule has 0 aliphatic carbocycles. The topological polar surface area (TPSA) is 67.9 Å². The molecule has 0 amide bonds. The highest BCUT2D eigenvalue weighted by molar-refractivity contribution is 5.89. The van der Waals surface area contributed by atoms with Gasteiger partial charge in [-0.15, -0.1) is 0 Å². The number of ether oxygens (including phenoxy) is 7. The number of anilines is 1. The summed E-state index contributed by atoms with van der Waals surface area (Å²) < 4.78 is 43.5. The third kappa shape index (κ3) is 4.21. The van der Waals surface area contributed by atoms with Gasteiger partial charge < -0.3 is 38.1 Å². The highest BCUT2D eigenvalue weighted by atomic mass is 16.9. The van der Waals surface area contributed by atoms with Crippen LogP contribution in [0.4, 0.5) is 5.69 Å². The second-order valence-electron chi connectivity index (χ2n) is 12.2. The number of hydrogen-bond donors (Lipinski definition) is 0. The molecule has 0 radical (unpaired) electrons. The van der Waals surface area contributed by atoms with E-state index in [-0.39, 0.29) is 10.8 Å². The Bertz CT molecular complexity index is 1370. The van der Waals surface area contributed by atoms with E-state index in [4.69, 9.17) is 33.2 Å². The molecule has 212 valence electrons. The van der Waals surface area contributed by atoms with Gasteiger partial charge in [0.2, 0.25) is 0 Å². The van der Waals surface area contributed by atoms with Gasteiger partial charge in [0.15, 0.2) is 0 Å². The largest absolute Gasteiger partial charge is 0.493 e. The smallest absolute Gasteiger partial charge is 0.316 e. The molecule has 8 heteroatoms. The van der Waals surface area contributed by atoms with Crippen LogP contribution in [0.2, 0.25) is 0 Å². The minimum Gasteiger partial charge on any atom is -0.493 e. The molecule has 0 spiro atoms. The standard InChI is InChI=1S/C32H37NO7/c1-5-34-27-13-7-23-14-22(6-12-26(23)28(27)32-35-16-29(2,17-36-32)18-37-32)15-30-19-38-31(39-20-30,40-21-30)24-8-10-25(11-9-24)33(3)4/h6-14H,5,15-21H2,1-4H3. The quantitative estimate of drug-likeness (QED) is 0.413. The van der Waals surface area contributed by atoms with E-state index in [0.29, 0.717) is 46.2 Å². The Morgan fingerprint density at radius 2 is 1.38 bits per heavy atom. The van der Waals surface area contributed by atoms with E-state index in [1.165, 1.54) is 5.56 Å². The Morgan fingerprint density at radius 3 is 1.98 bits per heavy atom. The van der Waals surface area contributed by atoms with Gasteiger partial charge in [0.05, 0.1) is 51.8 Å². The minimum atomic E-state index is -1.25. The van der Waals surface area contributed by atoms with Crippen molar-refractivity contribution in [3.63, 3.8) is 0 Å². The Morgan fingerprint density at radius 1 is 0.750 bits per heavy atom. The van der Waals surface area contributed by atoms with Crippen LogP contribution >= 0.6 is 0 Å². The fraction of sp³-hybridized carbons (Fsp3) is 0.500. The molecule has 8 nitrogen and oxygen atoms in total. The van der Waals surface area contributed by atoms with Gasteiger partial charge in [0, 0.05) is 36.2 Å². The van der Waals surface area contributed by atoms with Crippen molar-refractivity contribution in [2.75, 3.05) is 65.2 Å². The number of nitrogens with zero attached hydrogens (tertiary/aromatic N) is 1. The van der Waals surface area contributed by atoms with E-state index in [1.54, 1.807) is 0 Å². The summed E-state index contributed by atoms with van der Waals surface area (Å²) in [5.41, 5.74) is 3.61. The van der Waals surface area contributed by atoms with Gasteiger partial charge >= 0.3 is 11.9 Å². The van der Waals surface area contributed by atoms with Crippen LogP contribution in [-0.2, 0) is 46.8 Å². The van der Waals surface area contributed by atoms with Gasteiger partial charge in [-0.05, 0) is 60.0 Å². The fourth-order valence-electron chi connectivity index (χ4n) is 6.13. The molecule has 40 heavy (non-hydrogen) atoms. The lowest BCUT2D eigenvalue weighted by Gasteiger charge is -2.52. The summed E-state index contributed by atoms with van der Waals surface area (Å²) in [6.07, 6.45) is 0.772. The first-order valence-corrected chi connectivity index (χ1v) is 14.1. The molecule has 9 rings (SSSR count). The van der Waals surface area contributed by atoms with Crippen LogP contribution in [0.15, 0.2) is 54.6 Å². The summed E-state index contributed by atoms with van der Waals surface area (Å²) >= 11 is 0. The van der Waals surface area contributed by atoms with E-state index < -0.39 is 11.9 Å². The van der Waals surface area contributed by atoms with Crippen LogP contribution in [0.1, 0.15) is 30.5 Å². The first-order chi connectivity index (χ1) is 19.3. The van der Waals surface area contributed by atoms with E-state index in [9.17, 15) is 0 Å². The van der Waals surface area contributed by atoms with Gasteiger partial charge in [-0.1, -0.05) is 31.2 Å². The highest BCUT2D eigenvalue weighted by Gasteiger charge is 2.55. The van der Waals surface area contributed by atoms with Gasteiger partial charge in [0.1, 0.15) is 5.75 Å². The Balaban J connectivity index is 1.14. The van der Waals surface area contributed by atoms with Crippen LogP contribution < -0.4 is 9.64 Å². The van der Waals surface area contributed by atoms with Crippen molar-refractivity contribution in [3.8, 4) is 5.75 Å². The molecule has 0 aromatic heterocycles. The zero-order valence-electron chi connectivity index (χ0n) is 23.7. The molecule has 6 heterocycles. The molecule has 0 saturated carbocycles. The van der Waals surface area contributed by atoms with Crippen LogP contribution in [0.5, 0.6) is 5.75 Å². The second kappa shape index (κ2) is 9.41. The molecule has 6 aliphatic rings. The van der Waals surface area contributed by atoms with Gasteiger partial charge in [-0.2, -0.15) is 0 Å². The Kier molecular flexibility index (Phi) is 6.16. The second-order valence-corrected chi connectivity index (χ2v) is 12.2. The van der Waals surface area contributed by atoms with Crippen LogP contribution in [0.3, 0.4) is 0 Å². The molecular weight excluding hydrogens is 510 g/mol. The molecular formula is C32H37NO7. The SMILES string of the molecule is CCOc1ccc2cc(CC34COC(c5ccc(N(C)C)cc5)(OC3)OC4)ccc2c1C12OCC(C)(CO1)CO2. The molecule has 6 aliphatic heterocycles. The number of fused-ring (bicyclic) bond motifs is 7. The van der Waals surface area contributed by atoms with Crippen molar-refractivity contribution in [1.82, 2.24) is 0 Å². The molecule has 0 atom stereocenters. The van der Waals surface area contributed by atoms with Crippen molar-refractivity contribution in [3.05, 3.63) is 71.3 Å². The van der Waals surface area contributed by atoms with E-state index in [2.05, 4.69) is 48.2 Å². The molecule has 4 bridgehead atoms. The van der Waals surface area contributed by atoms with E-state index in [0.717, 1.165) is 39.8 Å². The average Bonchev–Trinajstić information content (AvgIpc) is 2.99. The third-order valence-electron chi connectivity index (χ3n) is 8.51. The maximum atomic E-state index is 6.27. The van der Waals surface area contributed by atoms with Crippen molar-refractivity contribution in [2.24, 2.45) is 10.8 Å². The fourth-order valence-corrected chi connectivity index (χ4v) is 6.13. The van der Waals surface area contributed by atoms with Gasteiger partial charge in [-0.3, -0.25) is 0 Å². The monoisotopic (exact) mass is 547 g/mol. The summed E-state index contributed by atoms with van der Waals surface area (Å²) in [5, 5.41) is 2.06. The lowest BCUT2D eigenvalue weighted by molar-refractivity contribution is -0.479. The predicted molar refractivity (Wildman–Crippen MR) is 149 cm³/mol. The molecule has 3 aromatic carbocycles. The molecule has 6 saturated heterocycles. The number of rotatable bonds is 7. The van der Waals surface area contributed by atoms with Gasteiger partial charge in [-0.25, -0.2) is 0 Å². The maximum absolute atomic E-state index is 6.27. The maximum Gasteiger partial charge on any atom is 0.316 e. The average molecular weight is 548 g/mol. The molecule has 6 fully saturated rings. The normalized spacial score (nSPS) is 32.9. The highest BCUT2D eigenvalue weighted by Crippen LogP contribution is 2.50.